The van der Waals surface area contributed by atoms with Gasteiger partial charge in [-0.2, -0.15) is 5.10 Å². The molecule has 1 amide bonds. The number of H-pyrrole nitrogens is 1. The number of nitrogens with one attached hydrogen (secondary N) is 1. The molecule has 28 heavy (non-hydrogen) atoms. The zero-order chi connectivity index (χ0) is 19.7. The smallest absolute Gasteiger partial charge is 0.273 e. The highest BCUT2D eigenvalue weighted by atomic mass is 35.5. The summed E-state index contributed by atoms with van der Waals surface area (Å²) in [5, 5.41) is 7.82. The average Bonchev–Trinajstić information content (AvgIpc) is 3.23. The van der Waals surface area contributed by atoms with Crippen LogP contribution in [0.4, 0.5) is 4.39 Å². The third kappa shape index (κ3) is 3.19. The summed E-state index contributed by atoms with van der Waals surface area (Å²) < 4.78 is 18.5. The van der Waals surface area contributed by atoms with Gasteiger partial charge in [0, 0.05) is 36.4 Å². The van der Waals surface area contributed by atoms with E-state index in [1.165, 1.54) is 12.1 Å². The van der Waals surface area contributed by atoms with Crippen molar-refractivity contribution in [1.82, 2.24) is 15.1 Å². The predicted molar refractivity (Wildman–Crippen MR) is 105 cm³/mol. The van der Waals surface area contributed by atoms with Gasteiger partial charge in [-0.05, 0) is 42.3 Å². The van der Waals surface area contributed by atoms with Gasteiger partial charge in [0.25, 0.3) is 5.91 Å². The Bertz CT molecular complexity index is 1000. The van der Waals surface area contributed by atoms with Crippen LogP contribution in [0.25, 0.3) is 11.3 Å². The number of methoxy groups -OCH3 is 1. The van der Waals surface area contributed by atoms with Crippen LogP contribution in [0.15, 0.2) is 48.5 Å². The summed E-state index contributed by atoms with van der Waals surface area (Å²) in [5.74, 6) is -0.451. The van der Waals surface area contributed by atoms with Crippen LogP contribution in [-0.2, 0) is 4.74 Å². The molecule has 2 aromatic carbocycles. The fourth-order valence-corrected chi connectivity index (χ4v) is 3.89. The molecular formula is C21H19ClFN3O2. The van der Waals surface area contributed by atoms with E-state index in [-0.39, 0.29) is 17.8 Å². The molecule has 1 aliphatic heterocycles. The minimum atomic E-state index is -0.369. The number of carbonyl (C=O) groups is 1. The molecule has 1 aromatic heterocycles. The molecule has 5 nitrogen and oxygen atoms in total. The molecule has 0 saturated carbocycles. The van der Waals surface area contributed by atoms with Crippen LogP contribution >= 0.6 is 11.6 Å². The fourth-order valence-electron chi connectivity index (χ4n) is 3.65. The number of hydrogen-bond acceptors (Lipinski definition) is 3. The number of fused-ring (bicyclic) bond motifs is 1. The molecule has 0 aliphatic carbocycles. The summed E-state index contributed by atoms with van der Waals surface area (Å²) in [5.41, 5.74) is 3.41. The Morgan fingerprint density at radius 1 is 1.21 bits per heavy atom. The Morgan fingerprint density at radius 2 is 1.96 bits per heavy atom. The summed E-state index contributed by atoms with van der Waals surface area (Å²) in [4.78, 5) is 14.9. The van der Waals surface area contributed by atoms with Crippen LogP contribution in [0.3, 0.4) is 0 Å². The van der Waals surface area contributed by atoms with Crippen molar-refractivity contribution in [3.8, 4) is 11.3 Å². The molecule has 3 aromatic rings. The SMILES string of the molecule is COCCCN1C(=O)c2[nH]nc(-c3ccc(F)cc3)c2C1c1ccccc1Cl. The third-order valence-electron chi connectivity index (χ3n) is 4.93. The lowest BCUT2D eigenvalue weighted by molar-refractivity contribution is 0.0723. The number of ether oxygens (including phenoxy) is 1. The molecule has 0 fully saturated rings. The number of nitrogens with zero attached hydrogens (tertiary/aromatic N) is 2. The van der Waals surface area contributed by atoms with Gasteiger partial charge in [0.05, 0.1) is 11.7 Å². The quantitative estimate of drug-likeness (QED) is 0.623. The molecule has 7 heteroatoms. The zero-order valence-electron chi connectivity index (χ0n) is 15.3. The Hall–Kier alpha value is -2.70. The lowest BCUT2D eigenvalue weighted by Crippen LogP contribution is -2.31. The number of rotatable bonds is 6. The van der Waals surface area contributed by atoms with Crippen molar-refractivity contribution < 1.29 is 13.9 Å². The summed E-state index contributed by atoms with van der Waals surface area (Å²) in [7, 11) is 1.64. The summed E-state index contributed by atoms with van der Waals surface area (Å²) in [6, 6.07) is 13.2. The normalized spacial score (nSPS) is 15.9. The number of aromatic nitrogens is 2. The van der Waals surface area contributed by atoms with Gasteiger partial charge < -0.3 is 9.64 Å². The minimum Gasteiger partial charge on any atom is -0.385 e. The van der Waals surface area contributed by atoms with Crippen LogP contribution in [0, 0.1) is 5.82 Å². The third-order valence-corrected chi connectivity index (χ3v) is 5.27. The van der Waals surface area contributed by atoms with E-state index in [1.54, 1.807) is 24.1 Å². The van der Waals surface area contributed by atoms with Crippen molar-refractivity contribution in [2.45, 2.75) is 12.5 Å². The Kier molecular flexibility index (Phi) is 5.15. The molecule has 0 saturated heterocycles. The molecule has 4 rings (SSSR count). The highest BCUT2D eigenvalue weighted by Gasteiger charge is 2.42. The average molecular weight is 400 g/mol. The van der Waals surface area contributed by atoms with Gasteiger partial charge in [-0.1, -0.05) is 29.8 Å². The van der Waals surface area contributed by atoms with Crippen LogP contribution in [-0.4, -0.2) is 41.3 Å². The van der Waals surface area contributed by atoms with Crippen molar-refractivity contribution in [2.24, 2.45) is 0 Å². The number of benzene rings is 2. The number of aromatic amines is 1. The lowest BCUT2D eigenvalue weighted by Gasteiger charge is -2.27. The largest absolute Gasteiger partial charge is 0.385 e. The first-order chi connectivity index (χ1) is 13.6. The van der Waals surface area contributed by atoms with Gasteiger partial charge in [-0.3, -0.25) is 9.89 Å². The fraction of sp³-hybridized carbons (Fsp3) is 0.238. The van der Waals surface area contributed by atoms with Crippen LogP contribution in [0.2, 0.25) is 5.02 Å². The second-order valence-electron chi connectivity index (χ2n) is 6.64. The van der Waals surface area contributed by atoms with Crippen molar-refractivity contribution in [3.63, 3.8) is 0 Å². The molecule has 1 unspecified atom stereocenters. The molecule has 144 valence electrons. The molecule has 1 aliphatic rings. The van der Waals surface area contributed by atoms with Gasteiger partial charge in [0.2, 0.25) is 0 Å². The lowest BCUT2D eigenvalue weighted by atomic mass is 9.96. The van der Waals surface area contributed by atoms with Gasteiger partial charge in [-0.15, -0.1) is 0 Å². The van der Waals surface area contributed by atoms with E-state index in [4.69, 9.17) is 16.3 Å². The van der Waals surface area contributed by atoms with Crippen molar-refractivity contribution in [3.05, 3.63) is 76.2 Å². The molecule has 1 N–H and O–H groups in total. The number of carbonyl (C=O) groups excluding carboxylic acids is 1. The maximum absolute atomic E-state index is 13.4. The van der Waals surface area contributed by atoms with E-state index >= 15 is 0 Å². The summed E-state index contributed by atoms with van der Waals surface area (Å²) in [6.07, 6.45) is 0.701. The second kappa shape index (κ2) is 7.73. The van der Waals surface area contributed by atoms with Gasteiger partial charge in [-0.25, -0.2) is 4.39 Å². The van der Waals surface area contributed by atoms with Crippen LogP contribution in [0.1, 0.15) is 34.1 Å². The van der Waals surface area contributed by atoms with E-state index in [2.05, 4.69) is 10.2 Å². The van der Waals surface area contributed by atoms with E-state index in [0.29, 0.717) is 36.0 Å². The van der Waals surface area contributed by atoms with E-state index in [1.807, 2.05) is 24.3 Å². The molecule has 1 atom stereocenters. The minimum absolute atomic E-state index is 0.128. The molecule has 0 spiro atoms. The van der Waals surface area contributed by atoms with E-state index in [9.17, 15) is 9.18 Å². The van der Waals surface area contributed by atoms with Gasteiger partial charge >= 0.3 is 0 Å². The van der Waals surface area contributed by atoms with E-state index in [0.717, 1.165) is 16.7 Å². The Morgan fingerprint density at radius 3 is 2.68 bits per heavy atom. The maximum Gasteiger partial charge on any atom is 0.273 e. The van der Waals surface area contributed by atoms with Crippen molar-refractivity contribution >= 4 is 17.5 Å². The first-order valence-electron chi connectivity index (χ1n) is 9.00. The highest BCUT2D eigenvalue weighted by molar-refractivity contribution is 6.31. The zero-order valence-corrected chi connectivity index (χ0v) is 16.0. The van der Waals surface area contributed by atoms with Crippen molar-refractivity contribution in [1.29, 1.82) is 0 Å². The predicted octanol–water partition coefficient (Wildman–Crippen LogP) is 4.45. The van der Waals surface area contributed by atoms with Crippen LogP contribution < -0.4 is 0 Å². The Labute approximate surface area is 167 Å². The Balaban J connectivity index is 1.83. The molecule has 0 radical (unpaired) electrons. The van der Waals surface area contributed by atoms with Crippen LogP contribution in [0.5, 0.6) is 0 Å². The van der Waals surface area contributed by atoms with Crippen molar-refractivity contribution in [2.75, 3.05) is 20.3 Å². The molecule has 0 bridgehead atoms. The standard InChI is InChI=1S/C21H19ClFN3O2/c1-28-12-4-11-26-20(15-5-2-3-6-16(15)22)17-18(24-25-19(17)21(26)27)13-7-9-14(23)10-8-13/h2-3,5-10,20H,4,11-12H2,1H3,(H,24,25). The molecule has 2 heterocycles. The number of halogens is 2. The summed E-state index contributed by atoms with van der Waals surface area (Å²) >= 11 is 6.49. The summed E-state index contributed by atoms with van der Waals surface area (Å²) in [6.45, 7) is 1.07. The number of amides is 1. The monoisotopic (exact) mass is 399 g/mol. The maximum atomic E-state index is 13.4. The topological polar surface area (TPSA) is 58.2 Å². The van der Waals surface area contributed by atoms with Gasteiger partial charge in [0.15, 0.2) is 0 Å². The number of hydrogen-bond donors (Lipinski definition) is 1. The highest BCUT2D eigenvalue weighted by Crippen LogP contribution is 2.44. The van der Waals surface area contributed by atoms with E-state index < -0.39 is 0 Å². The second-order valence-corrected chi connectivity index (χ2v) is 7.04. The first kappa shape index (κ1) is 18.7. The molecular weight excluding hydrogens is 381 g/mol. The van der Waals surface area contributed by atoms with Gasteiger partial charge in [0.1, 0.15) is 11.5 Å². The first-order valence-corrected chi connectivity index (χ1v) is 9.38.